The number of hydrogen-bond acceptors (Lipinski definition) is 3. The van der Waals surface area contributed by atoms with Gasteiger partial charge in [0.05, 0.1) is 12.0 Å². The van der Waals surface area contributed by atoms with Gasteiger partial charge in [-0.05, 0) is 41.8 Å². The summed E-state index contributed by atoms with van der Waals surface area (Å²) in [6.07, 6.45) is 7.63. The fourth-order valence-corrected chi connectivity index (χ4v) is 1.59. The van der Waals surface area contributed by atoms with Crippen molar-refractivity contribution in [3.05, 3.63) is 60.2 Å². The molecule has 3 heteroatoms. The summed E-state index contributed by atoms with van der Waals surface area (Å²) in [6.45, 7) is 0. The zero-order valence-corrected chi connectivity index (χ0v) is 8.74. The first-order valence-electron chi connectivity index (χ1n) is 5.08. The normalized spacial score (nSPS) is 11.7. The summed E-state index contributed by atoms with van der Waals surface area (Å²) in [5.74, 6) is -0.120. The van der Waals surface area contributed by atoms with Crippen LogP contribution in [0, 0.1) is 11.3 Å². The average molecular weight is 209 g/mol. The summed E-state index contributed by atoms with van der Waals surface area (Å²) < 4.78 is 0. The van der Waals surface area contributed by atoms with E-state index in [9.17, 15) is 0 Å². The summed E-state index contributed by atoms with van der Waals surface area (Å²) in [5.41, 5.74) is 2.13. The van der Waals surface area contributed by atoms with Crippen LogP contribution >= 0.6 is 0 Å². The Morgan fingerprint density at radius 1 is 1.00 bits per heavy atom. The molecule has 2 aromatic rings. The summed E-state index contributed by atoms with van der Waals surface area (Å²) in [4.78, 5) is 7.91. The van der Waals surface area contributed by atoms with Crippen LogP contribution in [0.3, 0.4) is 0 Å². The van der Waals surface area contributed by atoms with Crippen LogP contribution in [0.4, 0.5) is 0 Å². The van der Waals surface area contributed by atoms with Gasteiger partial charge >= 0.3 is 0 Å². The highest BCUT2D eigenvalue weighted by atomic mass is 14.6. The minimum Gasteiger partial charge on any atom is -0.265 e. The van der Waals surface area contributed by atoms with E-state index in [-0.39, 0.29) is 5.92 Å². The lowest BCUT2D eigenvalue weighted by molar-refractivity contribution is 0.844. The Kier molecular flexibility index (Phi) is 3.25. The summed E-state index contributed by atoms with van der Waals surface area (Å²) in [5, 5.41) is 9.15. The molecule has 2 heterocycles. The number of rotatable bonds is 3. The lowest BCUT2D eigenvalue weighted by Gasteiger charge is -2.08. The van der Waals surface area contributed by atoms with Crippen LogP contribution in [-0.4, -0.2) is 9.97 Å². The predicted molar refractivity (Wildman–Crippen MR) is 60.5 cm³/mol. The molecule has 0 spiro atoms. The zero-order valence-electron chi connectivity index (χ0n) is 8.74. The van der Waals surface area contributed by atoms with E-state index in [2.05, 4.69) is 16.0 Å². The molecular weight excluding hydrogens is 198 g/mol. The largest absolute Gasteiger partial charge is 0.265 e. The van der Waals surface area contributed by atoms with Crippen LogP contribution in [0.2, 0.25) is 0 Å². The topological polar surface area (TPSA) is 49.6 Å². The van der Waals surface area contributed by atoms with Gasteiger partial charge in [-0.1, -0.05) is 0 Å². The van der Waals surface area contributed by atoms with Crippen LogP contribution in [0.25, 0.3) is 0 Å². The number of pyridine rings is 2. The van der Waals surface area contributed by atoms with Crippen molar-refractivity contribution in [2.45, 2.75) is 12.3 Å². The minimum absolute atomic E-state index is 0.120. The summed E-state index contributed by atoms with van der Waals surface area (Å²) in [7, 11) is 0. The first-order valence-corrected chi connectivity index (χ1v) is 5.08. The molecule has 0 aliphatic heterocycles. The van der Waals surface area contributed by atoms with Crippen LogP contribution in [0.15, 0.2) is 49.1 Å². The van der Waals surface area contributed by atoms with E-state index in [1.54, 1.807) is 24.8 Å². The molecule has 0 saturated carbocycles. The molecule has 2 rings (SSSR count). The second kappa shape index (κ2) is 5.04. The van der Waals surface area contributed by atoms with Gasteiger partial charge in [-0.25, -0.2) is 0 Å². The second-order valence-corrected chi connectivity index (χ2v) is 3.52. The van der Waals surface area contributed by atoms with Crippen LogP contribution in [0.5, 0.6) is 0 Å². The molecule has 1 atom stereocenters. The van der Waals surface area contributed by atoms with Crippen molar-refractivity contribution in [1.29, 1.82) is 5.26 Å². The minimum atomic E-state index is -0.120. The molecular formula is C13H11N3. The Hall–Kier alpha value is -2.21. The molecule has 0 amide bonds. The van der Waals surface area contributed by atoms with Crippen LogP contribution < -0.4 is 0 Å². The monoisotopic (exact) mass is 209 g/mol. The van der Waals surface area contributed by atoms with Gasteiger partial charge in [0.2, 0.25) is 0 Å². The number of hydrogen-bond donors (Lipinski definition) is 0. The van der Waals surface area contributed by atoms with Gasteiger partial charge in [-0.15, -0.1) is 0 Å². The first kappa shape index (κ1) is 10.3. The third-order valence-corrected chi connectivity index (χ3v) is 2.45. The molecule has 0 aliphatic carbocycles. The molecule has 78 valence electrons. The third-order valence-electron chi connectivity index (χ3n) is 2.45. The van der Waals surface area contributed by atoms with E-state index in [0.29, 0.717) is 6.42 Å². The maximum absolute atomic E-state index is 9.15. The smallest absolute Gasteiger partial charge is 0.0754 e. The van der Waals surface area contributed by atoms with Crippen molar-refractivity contribution in [3.63, 3.8) is 0 Å². The van der Waals surface area contributed by atoms with Gasteiger partial charge in [-0.3, -0.25) is 9.97 Å². The molecule has 3 nitrogen and oxygen atoms in total. The van der Waals surface area contributed by atoms with Crippen LogP contribution in [-0.2, 0) is 6.42 Å². The van der Waals surface area contributed by atoms with Crippen molar-refractivity contribution in [2.24, 2.45) is 0 Å². The summed E-state index contributed by atoms with van der Waals surface area (Å²) in [6, 6.07) is 9.96. The van der Waals surface area contributed by atoms with E-state index < -0.39 is 0 Å². The zero-order chi connectivity index (χ0) is 11.2. The Morgan fingerprint density at radius 2 is 1.56 bits per heavy atom. The van der Waals surface area contributed by atoms with Gasteiger partial charge in [0.15, 0.2) is 0 Å². The highest BCUT2D eigenvalue weighted by molar-refractivity contribution is 5.26. The lowest BCUT2D eigenvalue weighted by atomic mass is 9.95. The van der Waals surface area contributed by atoms with Gasteiger partial charge in [-0.2, -0.15) is 5.26 Å². The fraction of sp³-hybridized carbons (Fsp3) is 0.154. The summed E-state index contributed by atoms with van der Waals surface area (Å²) >= 11 is 0. The fourth-order valence-electron chi connectivity index (χ4n) is 1.59. The molecule has 0 aromatic carbocycles. The van der Waals surface area contributed by atoms with Gasteiger partial charge < -0.3 is 0 Å². The Balaban J connectivity index is 2.17. The lowest BCUT2D eigenvalue weighted by Crippen LogP contribution is -2.00. The Morgan fingerprint density at radius 3 is 2.12 bits per heavy atom. The highest BCUT2D eigenvalue weighted by Crippen LogP contribution is 2.18. The quantitative estimate of drug-likeness (QED) is 0.779. The predicted octanol–water partition coefficient (Wildman–Crippen LogP) is 2.33. The van der Waals surface area contributed by atoms with Crippen LogP contribution in [0.1, 0.15) is 17.0 Å². The maximum atomic E-state index is 9.15. The van der Waals surface area contributed by atoms with Crippen molar-refractivity contribution in [1.82, 2.24) is 9.97 Å². The number of nitriles is 1. The van der Waals surface area contributed by atoms with Gasteiger partial charge in [0.25, 0.3) is 0 Å². The molecule has 0 unspecified atom stereocenters. The van der Waals surface area contributed by atoms with Crippen molar-refractivity contribution in [3.8, 4) is 6.07 Å². The molecule has 16 heavy (non-hydrogen) atoms. The number of nitrogens with zero attached hydrogens (tertiary/aromatic N) is 3. The molecule has 0 radical (unpaired) electrons. The van der Waals surface area contributed by atoms with Gasteiger partial charge in [0.1, 0.15) is 0 Å². The van der Waals surface area contributed by atoms with E-state index in [1.165, 1.54) is 0 Å². The third kappa shape index (κ3) is 2.43. The molecule has 0 saturated heterocycles. The molecule has 0 fully saturated rings. The van der Waals surface area contributed by atoms with E-state index in [1.807, 2.05) is 24.3 Å². The standard InChI is InChI=1S/C13H11N3/c14-10-13(12-3-7-16-8-4-12)9-11-1-5-15-6-2-11/h1-8,13H,9H2/t13-/m0/s1. The molecule has 0 aliphatic rings. The van der Waals surface area contributed by atoms with E-state index in [0.717, 1.165) is 11.1 Å². The Bertz CT molecular complexity index is 474. The van der Waals surface area contributed by atoms with Crippen molar-refractivity contribution >= 4 is 0 Å². The Labute approximate surface area is 94.4 Å². The molecule has 0 bridgehead atoms. The SMILES string of the molecule is N#C[C@H](Cc1ccncc1)c1ccncc1. The van der Waals surface area contributed by atoms with E-state index in [4.69, 9.17) is 5.26 Å². The second-order valence-electron chi connectivity index (χ2n) is 3.52. The van der Waals surface area contributed by atoms with Crippen molar-refractivity contribution < 1.29 is 0 Å². The molecule has 2 aromatic heterocycles. The first-order chi connectivity index (χ1) is 7.90. The highest BCUT2D eigenvalue weighted by Gasteiger charge is 2.10. The van der Waals surface area contributed by atoms with Crippen molar-refractivity contribution in [2.75, 3.05) is 0 Å². The maximum Gasteiger partial charge on any atom is 0.0754 e. The molecule has 0 N–H and O–H groups in total. The van der Waals surface area contributed by atoms with Gasteiger partial charge in [0, 0.05) is 24.8 Å². The number of aromatic nitrogens is 2. The van der Waals surface area contributed by atoms with E-state index >= 15 is 0 Å². The average Bonchev–Trinajstić information content (AvgIpc) is 2.38.